The van der Waals surface area contributed by atoms with E-state index in [0.29, 0.717) is 28.6 Å². The summed E-state index contributed by atoms with van der Waals surface area (Å²) in [5.74, 6) is -5.04. The number of fused-ring (bicyclic) bond motifs is 5. The number of carboxylic acid groups (broad SMARTS) is 2. The number of hydrogen-bond donors (Lipinski definition) is 5. The highest BCUT2D eigenvalue weighted by molar-refractivity contribution is 5.95. The molecule has 14 nitrogen and oxygen atoms in total. The molecular weight excluding hydrogens is 646 g/mol. The molecule has 242 valence electrons. The number of rotatable bonds is 4. The Hall–Kier alpha value is -6.70. The zero-order valence-electron chi connectivity index (χ0n) is 22.9. The van der Waals surface area contributed by atoms with Gasteiger partial charge < -0.3 is 31.0 Å². The highest BCUT2D eigenvalue weighted by Crippen LogP contribution is 2.43. The second-order valence-corrected chi connectivity index (χ2v) is 8.73. The molecule has 1 aromatic carbocycles. The number of benzene rings is 1. The van der Waals surface area contributed by atoms with Gasteiger partial charge in [-0.05, 0) is 30.3 Å². The number of halogens is 6. The number of aliphatic carboxylic acids is 2. The number of H-pyrrole nitrogens is 1. The Morgan fingerprint density at radius 2 is 1.51 bits per heavy atom. The van der Waals surface area contributed by atoms with Gasteiger partial charge in [0.25, 0.3) is 5.91 Å². The fraction of sp³-hybridized carbons (Fsp3) is 0.111. The maximum atomic E-state index is 11.0. The van der Waals surface area contributed by atoms with Crippen LogP contribution in [0.15, 0.2) is 48.9 Å². The predicted octanol–water partition coefficient (Wildman–Crippen LogP) is 4.13. The summed E-state index contributed by atoms with van der Waals surface area (Å²) in [6.07, 6.45) is -5.14. The van der Waals surface area contributed by atoms with Crippen molar-refractivity contribution in [3.05, 3.63) is 60.0 Å². The molecule has 0 saturated heterocycles. The Balaban J connectivity index is 0.000000360. The molecule has 4 aromatic rings. The van der Waals surface area contributed by atoms with Gasteiger partial charge in [0, 0.05) is 23.5 Å². The Labute approximate surface area is 257 Å². The molecule has 0 unspecified atom stereocenters. The maximum Gasteiger partial charge on any atom is 0.490 e. The van der Waals surface area contributed by atoms with Crippen LogP contribution >= 0.6 is 0 Å². The molecule has 20 heteroatoms. The van der Waals surface area contributed by atoms with Crippen LogP contribution in [0, 0.1) is 22.7 Å². The van der Waals surface area contributed by atoms with Crippen molar-refractivity contribution in [2.75, 3.05) is 11.9 Å². The van der Waals surface area contributed by atoms with Crippen molar-refractivity contribution < 1.29 is 55.7 Å². The molecular formula is C27H16F6N8O6. The van der Waals surface area contributed by atoms with Gasteiger partial charge in [-0.2, -0.15) is 36.9 Å². The number of aromatic nitrogens is 4. The number of nitrogens with two attached hydrogens (primary N) is 1. The summed E-state index contributed by atoms with van der Waals surface area (Å²) in [6.45, 7) is -0.369. The summed E-state index contributed by atoms with van der Waals surface area (Å²) >= 11 is 0. The molecule has 47 heavy (non-hydrogen) atoms. The summed E-state index contributed by atoms with van der Waals surface area (Å²) in [6, 6.07) is 12.6. The number of hydrogen-bond acceptors (Lipinski definition) is 10. The molecule has 6 N–H and O–H groups in total. The first-order chi connectivity index (χ1) is 22.0. The molecule has 5 rings (SSSR count). The third-order valence-corrected chi connectivity index (χ3v) is 5.57. The Morgan fingerprint density at radius 1 is 0.936 bits per heavy atom. The van der Waals surface area contributed by atoms with Crippen molar-refractivity contribution in [2.24, 2.45) is 5.73 Å². The van der Waals surface area contributed by atoms with Crippen LogP contribution < -0.4 is 15.8 Å². The monoisotopic (exact) mass is 662 g/mol. The van der Waals surface area contributed by atoms with Gasteiger partial charge in [0.15, 0.2) is 6.61 Å². The van der Waals surface area contributed by atoms with Gasteiger partial charge in [-0.25, -0.2) is 19.6 Å². The molecule has 0 aliphatic carbocycles. The maximum absolute atomic E-state index is 11.0. The lowest BCUT2D eigenvalue weighted by molar-refractivity contribution is -0.193. The Bertz CT molecular complexity index is 1810. The minimum Gasteiger partial charge on any atom is -0.484 e. The number of alkyl halides is 6. The molecule has 0 saturated carbocycles. The number of ether oxygens (including phenoxy) is 1. The number of pyridine rings is 2. The van der Waals surface area contributed by atoms with Crippen LogP contribution in [0.4, 0.5) is 37.8 Å². The number of nitriles is 2. The summed E-state index contributed by atoms with van der Waals surface area (Å²) in [5.41, 5.74) is 9.40. The largest absolute Gasteiger partial charge is 0.490 e. The van der Waals surface area contributed by atoms with Crippen molar-refractivity contribution >= 4 is 29.4 Å². The number of nitrogens with one attached hydrogen (secondary N) is 2. The van der Waals surface area contributed by atoms with Crippen molar-refractivity contribution in [3.8, 4) is 51.8 Å². The van der Waals surface area contributed by atoms with E-state index >= 15 is 0 Å². The molecule has 3 aromatic heterocycles. The van der Waals surface area contributed by atoms with Crippen LogP contribution in [0.5, 0.6) is 5.75 Å². The minimum absolute atomic E-state index is 0.164. The van der Waals surface area contributed by atoms with E-state index in [1.165, 1.54) is 12.1 Å². The predicted molar refractivity (Wildman–Crippen MR) is 145 cm³/mol. The first-order valence-corrected chi connectivity index (χ1v) is 12.2. The second-order valence-electron chi connectivity index (χ2n) is 8.73. The van der Waals surface area contributed by atoms with E-state index in [-0.39, 0.29) is 23.5 Å². The van der Waals surface area contributed by atoms with E-state index in [1.807, 2.05) is 12.1 Å². The lowest BCUT2D eigenvalue weighted by Crippen LogP contribution is -2.21. The van der Waals surface area contributed by atoms with E-state index in [1.54, 1.807) is 24.7 Å². The molecule has 0 spiro atoms. The fourth-order valence-electron chi connectivity index (χ4n) is 3.70. The van der Waals surface area contributed by atoms with Crippen molar-refractivity contribution in [3.63, 3.8) is 0 Å². The first-order valence-electron chi connectivity index (χ1n) is 12.2. The van der Waals surface area contributed by atoms with Crippen molar-refractivity contribution in [2.45, 2.75) is 12.4 Å². The molecule has 1 aliphatic rings. The van der Waals surface area contributed by atoms with Crippen LogP contribution in [0.1, 0.15) is 11.1 Å². The third-order valence-electron chi connectivity index (χ3n) is 5.57. The fourth-order valence-corrected chi connectivity index (χ4v) is 3.70. The van der Waals surface area contributed by atoms with Gasteiger partial charge in [0.05, 0.1) is 34.3 Å². The zero-order valence-corrected chi connectivity index (χ0v) is 22.9. The van der Waals surface area contributed by atoms with Gasteiger partial charge in [0.1, 0.15) is 35.2 Å². The zero-order chi connectivity index (χ0) is 35.1. The van der Waals surface area contributed by atoms with Crippen molar-refractivity contribution in [1.29, 1.82) is 10.5 Å². The summed E-state index contributed by atoms with van der Waals surface area (Å²) in [5, 5.41) is 37.1. The molecule has 0 radical (unpaired) electrons. The quantitative estimate of drug-likeness (QED) is 0.171. The number of carbonyl (C=O) groups is 3. The van der Waals surface area contributed by atoms with E-state index in [2.05, 4.69) is 32.4 Å². The van der Waals surface area contributed by atoms with Crippen LogP contribution in [-0.4, -0.2) is 67.0 Å². The highest BCUT2D eigenvalue weighted by Gasteiger charge is 2.39. The number of nitrogens with zero attached hydrogens (tertiary/aromatic N) is 5. The SMILES string of the molecule is N#Cc1cc(OCC(N)=O)cc(C#N)c1-c1nc2c([nH]1)-c1ccncc1Nc1ncccc1-2.O=C(O)C(F)(F)F.O=C(O)C(F)(F)F. The molecule has 1 amide bonds. The van der Waals surface area contributed by atoms with E-state index in [9.17, 15) is 41.7 Å². The molecule has 4 heterocycles. The van der Waals surface area contributed by atoms with Crippen LogP contribution in [0.25, 0.3) is 33.9 Å². The lowest BCUT2D eigenvalue weighted by Gasteiger charge is -2.10. The summed E-state index contributed by atoms with van der Waals surface area (Å²) < 4.78 is 68.8. The number of primary amides is 1. The normalized spacial score (nSPS) is 11.1. The number of imidazole rings is 1. The van der Waals surface area contributed by atoms with E-state index in [0.717, 1.165) is 16.8 Å². The number of aromatic amines is 1. The third kappa shape index (κ3) is 8.48. The van der Waals surface area contributed by atoms with E-state index < -0.39 is 30.2 Å². The number of carbonyl (C=O) groups excluding carboxylic acids is 1. The van der Waals surface area contributed by atoms with Crippen LogP contribution in [-0.2, 0) is 14.4 Å². The summed E-state index contributed by atoms with van der Waals surface area (Å²) in [4.78, 5) is 45.5. The smallest absolute Gasteiger partial charge is 0.484 e. The van der Waals surface area contributed by atoms with Gasteiger partial charge in [-0.15, -0.1) is 0 Å². The minimum atomic E-state index is -5.08. The van der Waals surface area contributed by atoms with Crippen LogP contribution in [0.3, 0.4) is 0 Å². The van der Waals surface area contributed by atoms with Gasteiger partial charge in [-0.1, -0.05) is 0 Å². The standard InChI is InChI=1S/C23H14N8O2.2C2HF3O2/c24-8-12-6-14(33-11-18(26)32)7-13(9-25)19(12)23-30-20-15-3-5-27-10-17(15)29-22-16(21(20)31-23)2-1-4-28-22;2*3-2(4,5)1(6)7/h1-7,10H,11H2,(H2,26,32)(H,28,29)(H,30,31);2*(H,6,7). The second kappa shape index (κ2) is 13.9. The highest BCUT2D eigenvalue weighted by atomic mass is 19.4. The van der Waals surface area contributed by atoms with Gasteiger partial charge >= 0.3 is 24.3 Å². The molecule has 1 aliphatic heterocycles. The first kappa shape index (κ1) is 34.8. The van der Waals surface area contributed by atoms with Crippen LogP contribution in [0.2, 0.25) is 0 Å². The Morgan fingerprint density at radius 3 is 2.02 bits per heavy atom. The van der Waals surface area contributed by atoms with Gasteiger partial charge in [-0.3, -0.25) is 9.78 Å². The Kier molecular flexibility index (Phi) is 10.3. The number of amides is 1. The average molecular weight is 662 g/mol. The summed E-state index contributed by atoms with van der Waals surface area (Å²) in [7, 11) is 0. The molecule has 0 fully saturated rings. The topological polar surface area (TPSA) is 241 Å². The van der Waals surface area contributed by atoms with E-state index in [4.69, 9.17) is 35.3 Å². The van der Waals surface area contributed by atoms with Gasteiger partial charge in [0.2, 0.25) is 0 Å². The average Bonchev–Trinajstić information content (AvgIpc) is 3.39. The number of anilines is 2. The number of carboxylic acids is 2. The molecule has 0 bridgehead atoms. The lowest BCUT2D eigenvalue weighted by atomic mass is 10.0. The van der Waals surface area contributed by atoms with Crippen molar-refractivity contribution in [1.82, 2.24) is 19.9 Å². The molecule has 0 atom stereocenters.